The van der Waals surface area contributed by atoms with Gasteiger partial charge < -0.3 is 4.74 Å². The highest BCUT2D eigenvalue weighted by Gasteiger charge is 2.24. The number of ether oxygens (including phenoxy) is 1. The van der Waals surface area contributed by atoms with Crippen LogP contribution in [0, 0.1) is 5.92 Å². The first-order valence-electron chi connectivity index (χ1n) is 15.3. The van der Waals surface area contributed by atoms with Gasteiger partial charge in [0, 0.05) is 18.3 Å². The highest BCUT2D eigenvalue weighted by atomic mass is 16.5. The van der Waals surface area contributed by atoms with Crippen LogP contribution in [0.3, 0.4) is 0 Å². The average Bonchev–Trinajstić information content (AvgIpc) is 2.93. The van der Waals surface area contributed by atoms with Crippen molar-refractivity contribution in [2.24, 2.45) is 5.92 Å². The predicted molar refractivity (Wildman–Crippen MR) is 153 cm³/mol. The molecular formula is C33H52N2O. The SMILES string of the molecule is CCCCCCCCCCc1cnc(C2CCC(COc3ccc(CCCCCC)cc3)CC2)nc1. The lowest BCUT2D eigenvalue weighted by Crippen LogP contribution is -2.20. The van der Waals surface area contributed by atoms with Crippen LogP contribution >= 0.6 is 0 Å². The molecule has 200 valence electrons. The zero-order valence-electron chi connectivity index (χ0n) is 23.4. The topological polar surface area (TPSA) is 35.0 Å². The third-order valence-corrected chi connectivity index (χ3v) is 7.98. The maximum atomic E-state index is 6.15. The van der Waals surface area contributed by atoms with Crippen LogP contribution in [0.1, 0.15) is 139 Å². The lowest BCUT2D eigenvalue weighted by molar-refractivity contribution is 0.198. The Balaban J connectivity index is 1.28. The lowest BCUT2D eigenvalue weighted by atomic mass is 9.82. The van der Waals surface area contributed by atoms with Crippen LogP contribution in [0.5, 0.6) is 5.75 Å². The van der Waals surface area contributed by atoms with Gasteiger partial charge in [-0.25, -0.2) is 9.97 Å². The van der Waals surface area contributed by atoms with Crippen LogP contribution in [0.15, 0.2) is 36.7 Å². The summed E-state index contributed by atoms with van der Waals surface area (Å²) in [6.45, 7) is 5.38. The Labute approximate surface area is 221 Å². The molecule has 0 atom stereocenters. The van der Waals surface area contributed by atoms with Crippen LogP contribution < -0.4 is 4.74 Å². The summed E-state index contributed by atoms with van der Waals surface area (Å²) in [4.78, 5) is 9.53. The first-order chi connectivity index (χ1) is 17.8. The molecule has 0 amide bonds. The largest absolute Gasteiger partial charge is 0.493 e. The second-order valence-electron chi connectivity index (χ2n) is 11.2. The Morgan fingerprint density at radius 2 is 1.17 bits per heavy atom. The van der Waals surface area contributed by atoms with Gasteiger partial charge in [0.2, 0.25) is 0 Å². The monoisotopic (exact) mass is 492 g/mol. The second kappa shape index (κ2) is 17.5. The van der Waals surface area contributed by atoms with Gasteiger partial charge in [0.25, 0.3) is 0 Å². The molecule has 1 aliphatic carbocycles. The first kappa shape index (κ1) is 28.7. The van der Waals surface area contributed by atoms with Crippen LogP contribution in [0.4, 0.5) is 0 Å². The van der Waals surface area contributed by atoms with Crippen molar-refractivity contribution in [1.29, 1.82) is 0 Å². The van der Waals surface area contributed by atoms with E-state index in [9.17, 15) is 0 Å². The van der Waals surface area contributed by atoms with Gasteiger partial charge >= 0.3 is 0 Å². The molecule has 0 radical (unpaired) electrons. The summed E-state index contributed by atoms with van der Waals surface area (Å²) in [7, 11) is 0. The molecule has 1 aromatic carbocycles. The fourth-order valence-electron chi connectivity index (χ4n) is 5.48. The van der Waals surface area contributed by atoms with Gasteiger partial charge in [-0.1, -0.05) is 90.2 Å². The molecule has 3 heteroatoms. The number of aryl methyl sites for hydroxylation is 2. The number of hydrogen-bond acceptors (Lipinski definition) is 3. The van der Waals surface area contributed by atoms with Gasteiger partial charge in [-0.15, -0.1) is 0 Å². The number of nitrogens with zero attached hydrogens (tertiary/aromatic N) is 2. The summed E-state index contributed by atoms with van der Waals surface area (Å²) < 4.78 is 6.15. The fourth-order valence-corrected chi connectivity index (χ4v) is 5.48. The number of unbranched alkanes of at least 4 members (excludes halogenated alkanes) is 10. The predicted octanol–water partition coefficient (Wildman–Crippen LogP) is 9.64. The maximum absolute atomic E-state index is 6.15. The molecule has 1 aromatic heterocycles. The molecule has 36 heavy (non-hydrogen) atoms. The molecule has 0 unspecified atom stereocenters. The van der Waals surface area contributed by atoms with Gasteiger partial charge in [0.1, 0.15) is 11.6 Å². The van der Waals surface area contributed by atoms with E-state index in [4.69, 9.17) is 14.7 Å². The van der Waals surface area contributed by atoms with E-state index in [1.807, 2.05) is 0 Å². The van der Waals surface area contributed by atoms with Crippen molar-refractivity contribution in [3.63, 3.8) is 0 Å². The molecule has 1 aliphatic rings. The van der Waals surface area contributed by atoms with E-state index in [0.717, 1.165) is 24.6 Å². The van der Waals surface area contributed by atoms with E-state index in [1.54, 1.807) is 0 Å². The van der Waals surface area contributed by atoms with Crippen LogP contribution in [0.25, 0.3) is 0 Å². The van der Waals surface area contributed by atoms with Crippen molar-refractivity contribution >= 4 is 0 Å². The minimum atomic E-state index is 0.519. The standard InChI is InChI=1S/C33H52N2O/c1-3-5-7-9-10-11-12-14-16-30-25-34-33(35-26-30)31-21-17-29(18-22-31)27-36-32-23-19-28(20-24-32)15-13-8-6-4-2/h19-20,23-26,29,31H,3-18,21-22,27H2,1-2H3. The second-order valence-corrected chi connectivity index (χ2v) is 11.2. The van der Waals surface area contributed by atoms with Crippen molar-refractivity contribution in [2.45, 2.75) is 135 Å². The van der Waals surface area contributed by atoms with E-state index in [-0.39, 0.29) is 0 Å². The molecule has 1 heterocycles. The molecule has 0 aliphatic heterocycles. The number of benzene rings is 1. The Kier molecular flexibility index (Phi) is 14.0. The summed E-state index contributed by atoms with van der Waals surface area (Å²) >= 11 is 0. The number of rotatable bonds is 18. The van der Waals surface area contributed by atoms with E-state index < -0.39 is 0 Å². The van der Waals surface area contributed by atoms with Gasteiger partial charge in [0.05, 0.1) is 6.61 Å². The minimum Gasteiger partial charge on any atom is -0.493 e. The van der Waals surface area contributed by atoms with Crippen LogP contribution in [0.2, 0.25) is 0 Å². The summed E-state index contributed by atoms with van der Waals surface area (Å²) in [5.74, 6) is 3.25. The van der Waals surface area contributed by atoms with Crippen molar-refractivity contribution in [3.05, 3.63) is 53.6 Å². The third-order valence-electron chi connectivity index (χ3n) is 7.98. The fraction of sp³-hybridized carbons (Fsp3) is 0.697. The number of hydrogen-bond donors (Lipinski definition) is 0. The van der Waals surface area contributed by atoms with Crippen molar-refractivity contribution < 1.29 is 4.74 Å². The molecular weight excluding hydrogens is 440 g/mol. The van der Waals surface area contributed by atoms with Crippen molar-refractivity contribution in [1.82, 2.24) is 9.97 Å². The van der Waals surface area contributed by atoms with E-state index in [1.165, 1.54) is 120 Å². The average molecular weight is 493 g/mol. The maximum Gasteiger partial charge on any atom is 0.131 e. The lowest BCUT2D eigenvalue weighted by Gasteiger charge is -2.27. The minimum absolute atomic E-state index is 0.519. The Morgan fingerprint density at radius 3 is 1.78 bits per heavy atom. The quantitative estimate of drug-likeness (QED) is 0.194. The van der Waals surface area contributed by atoms with Crippen molar-refractivity contribution in [3.8, 4) is 5.75 Å². The summed E-state index contributed by atoms with van der Waals surface area (Å²) in [5.41, 5.74) is 2.74. The zero-order chi connectivity index (χ0) is 25.3. The molecule has 0 saturated heterocycles. The van der Waals surface area contributed by atoms with Crippen LogP contribution in [-0.4, -0.2) is 16.6 Å². The highest BCUT2D eigenvalue weighted by Crippen LogP contribution is 2.34. The summed E-state index contributed by atoms with van der Waals surface area (Å²) in [5, 5.41) is 0. The molecule has 2 aromatic rings. The highest BCUT2D eigenvalue weighted by molar-refractivity contribution is 5.27. The Bertz CT molecular complexity index is 793. The molecule has 0 N–H and O–H groups in total. The molecule has 3 rings (SSSR count). The molecule has 3 nitrogen and oxygen atoms in total. The third kappa shape index (κ3) is 11.0. The molecule has 0 spiro atoms. The molecule has 0 bridgehead atoms. The van der Waals surface area contributed by atoms with Crippen molar-refractivity contribution in [2.75, 3.05) is 6.61 Å². The molecule has 1 saturated carbocycles. The van der Waals surface area contributed by atoms with Gasteiger partial charge in [-0.05, 0) is 80.5 Å². The smallest absolute Gasteiger partial charge is 0.131 e. The zero-order valence-corrected chi connectivity index (χ0v) is 23.4. The van der Waals surface area contributed by atoms with Crippen LogP contribution in [-0.2, 0) is 12.8 Å². The van der Waals surface area contributed by atoms with E-state index in [0.29, 0.717) is 11.8 Å². The van der Waals surface area contributed by atoms with Gasteiger partial charge in [-0.2, -0.15) is 0 Å². The Morgan fingerprint density at radius 1 is 0.639 bits per heavy atom. The van der Waals surface area contributed by atoms with E-state index >= 15 is 0 Å². The summed E-state index contributed by atoms with van der Waals surface area (Å²) in [6, 6.07) is 8.80. The number of aromatic nitrogens is 2. The van der Waals surface area contributed by atoms with E-state index in [2.05, 4.69) is 50.5 Å². The molecule has 1 fully saturated rings. The summed E-state index contributed by atoms with van der Waals surface area (Å²) in [6.07, 6.45) is 27.5. The normalized spacial score (nSPS) is 17.8. The Hall–Kier alpha value is -1.90. The van der Waals surface area contributed by atoms with Gasteiger partial charge in [-0.3, -0.25) is 0 Å². The first-order valence-corrected chi connectivity index (χ1v) is 15.3. The van der Waals surface area contributed by atoms with Gasteiger partial charge in [0.15, 0.2) is 0 Å².